The monoisotopic (exact) mass is 297 g/mol. The second kappa shape index (κ2) is 8.19. The van der Waals surface area contributed by atoms with Gasteiger partial charge in [0.05, 0.1) is 0 Å². The molecule has 0 spiro atoms. The lowest BCUT2D eigenvalue weighted by Crippen LogP contribution is -2.33. The predicted octanol–water partition coefficient (Wildman–Crippen LogP) is 4.92. The zero-order valence-electron chi connectivity index (χ0n) is 13.4. The Hall–Kier alpha value is -1.54. The maximum atomic E-state index is 6.00. The molecule has 22 heavy (non-hydrogen) atoms. The van der Waals surface area contributed by atoms with Crippen molar-refractivity contribution in [2.24, 2.45) is 0 Å². The molecule has 1 N–H and O–H groups in total. The molecule has 2 heteroatoms. The molecule has 0 atom stereocenters. The van der Waals surface area contributed by atoms with Crippen LogP contribution in [-0.2, 0) is 0 Å². The molecule has 0 unspecified atom stereocenters. The van der Waals surface area contributed by atoms with Crippen molar-refractivity contribution in [2.45, 2.75) is 51.0 Å². The second-order valence-corrected chi connectivity index (χ2v) is 6.32. The lowest BCUT2D eigenvalue weighted by molar-refractivity contribution is 0.296. The third-order valence-corrected chi connectivity index (χ3v) is 4.65. The molecule has 1 aliphatic carbocycles. The molecule has 2 aromatic carbocycles. The summed E-state index contributed by atoms with van der Waals surface area (Å²) in [5.74, 6) is 0.998. The number of benzene rings is 2. The largest absolute Gasteiger partial charge is 0.492 e. The molecule has 1 saturated carbocycles. The average molecular weight is 297 g/mol. The van der Waals surface area contributed by atoms with Gasteiger partial charge in [-0.3, -0.25) is 0 Å². The molecule has 0 amide bonds. The van der Waals surface area contributed by atoms with Gasteiger partial charge >= 0.3 is 0 Å². The van der Waals surface area contributed by atoms with Crippen LogP contribution < -0.4 is 10.1 Å². The molecular formula is C20H27NO. The topological polar surface area (TPSA) is 21.3 Å². The van der Waals surface area contributed by atoms with Gasteiger partial charge < -0.3 is 10.1 Å². The minimum atomic E-state index is 0.691. The number of fused-ring (bicyclic) bond motifs is 1. The summed E-state index contributed by atoms with van der Waals surface area (Å²) in [7, 11) is 0. The highest BCUT2D eigenvalue weighted by atomic mass is 16.5. The third-order valence-electron chi connectivity index (χ3n) is 4.65. The SMILES string of the molecule is c1ccc2c(OCCNC3CCCCCCC3)cccc2c1. The Labute approximate surface area is 133 Å². The van der Waals surface area contributed by atoms with Gasteiger partial charge in [0.15, 0.2) is 0 Å². The first-order valence-corrected chi connectivity index (χ1v) is 8.77. The van der Waals surface area contributed by atoms with Gasteiger partial charge in [-0.05, 0) is 24.3 Å². The summed E-state index contributed by atoms with van der Waals surface area (Å²) < 4.78 is 6.00. The third kappa shape index (κ3) is 4.23. The smallest absolute Gasteiger partial charge is 0.127 e. The van der Waals surface area contributed by atoms with E-state index < -0.39 is 0 Å². The quantitative estimate of drug-likeness (QED) is 0.791. The molecule has 2 aromatic rings. The van der Waals surface area contributed by atoms with Crippen LogP contribution in [0.1, 0.15) is 44.9 Å². The Bertz CT molecular complexity index is 567. The molecule has 1 aliphatic rings. The first kappa shape index (κ1) is 15.4. The average Bonchev–Trinajstić information content (AvgIpc) is 2.53. The van der Waals surface area contributed by atoms with Crippen LogP contribution in [0.3, 0.4) is 0 Å². The summed E-state index contributed by atoms with van der Waals surface area (Å²) >= 11 is 0. The van der Waals surface area contributed by atoms with Crippen LogP contribution in [0.2, 0.25) is 0 Å². The van der Waals surface area contributed by atoms with Crippen molar-refractivity contribution in [2.75, 3.05) is 13.2 Å². The van der Waals surface area contributed by atoms with E-state index in [2.05, 4.69) is 47.8 Å². The Morgan fingerprint density at radius 1 is 0.864 bits per heavy atom. The highest BCUT2D eigenvalue weighted by molar-refractivity contribution is 5.88. The van der Waals surface area contributed by atoms with Crippen LogP contribution in [0.5, 0.6) is 5.75 Å². The van der Waals surface area contributed by atoms with Crippen molar-refractivity contribution in [1.29, 1.82) is 0 Å². The molecule has 3 rings (SSSR count). The Balaban J connectivity index is 1.48. The summed E-state index contributed by atoms with van der Waals surface area (Å²) in [6, 6.07) is 15.4. The van der Waals surface area contributed by atoms with Crippen LogP contribution in [0.4, 0.5) is 0 Å². The van der Waals surface area contributed by atoms with Gasteiger partial charge in [-0.1, -0.05) is 68.5 Å². The first-order chi connectivity index (χ1) is 10.9. The Morgan fingerprint density at radius 2 is 1.59 bits per heavy atom. The van der Waals surface area contributed by atoms with Gasteiger partial charge in [0, 0.05) is 18.0 Å². The van der Waals surface area contributed by atoms with Crippen molar-refractivity contribution in [3.05, 3.63) is 42.5 Å². The van der Waals surface area contributed by atoms with E-state index in [9.17, 15) is 0 Å². The van der Waals surface area contributed by atoms with E-state index >= 15 is 0 Å². The minimum Gasteiger partial charge on any atom is -0.492 e. The van der Waals surface area contributed by atoms with Gasteiger partial charge in [0.1, 0.15) is 12.4 Å². The number of nitrogens with one attached hydrogen (secondary N) is 1. The number of rotatable bonds is 5. The van der Waals surface area contributed by atoms with Gasteiger partial charge in [0.25, 0.3) is 0 Å². The molecule has 0 aliphatic heterocycles. The summed E-state index contributed by atoms with van der Waals surface area (Å²) in [5.41, 5.74) is 0. The molecule has 118 valence electrons. The zero-order chi connectivity index (χ0) is 15.0. The van der Waals surface area contributed by atoms with Crippen molar-refractivity contribution >= 4 is 10.8 Å². The van der Waals surface area contributed by atoms with Crippen LogP contribution in [0, 0.1) is 0 Å². The minimum absolute atomic E-state index is 0.691. The number of hydrogen-bond donors (Lipinski definition) is 1. The molecule has 0 saturated heterocycles. The summed E-state index contributed by atoms with van der Waals surface area (Å²) in [6.07, 6.45) is 9.65. The lowest BCUT2D eigenvalue weighted by atomic mass is 9.97. The summed E-state index contributed by atoms with van der Waals surface area (Å²) in [4.78, 5) is 0. The maximum absolute atomic E-state index is 6.00. The van der Waals surface area contributed by atoms with Gasteiger partial charge in [-0.2, -0.15) is 0 Å². The summed E-state index contributed by atoms with van der Waals surface area (Å²) in [6.45, 7) is 1.68. The Kier molecular flexibility index (Phi) is 5.72. The lowest BCUT2D eigenvalue weighted by Gasteiger charge is -2.21. The van der Waals surface area contributed by atoms with Crippen LogP contribution >= 0.6 is 0 Å². The maximum Gasteiger partial charge on any atom is 0.127 e. The number of ether oxygens (including phenoxy) is 1. The van der Waals surface area contributed by atoms with Crippen molar-refractivity contribution in [3.63, 3.8) is 0 Å². The fraction of sp³-hybridized carbons (Fsp3) is 0.500. The molecule has 2 nitrogen and oxygen atoms in total. The highest BCUT2D eigenvalue weighted by Crippen LogP contribution is 2.25. The van der Waals surface area contributed by atoms with E-state index in [1.54, 1.807) is 0 Å². The van der Waals surface area contributed by atoms with Crippen molar-refractivity contribution < 1.29 is 4.74 Å². The van der Waals surface area contributed by atoms with Gasteiger partial charge in [-0.25, -0.2) is 0 Å². The highest BCUT2D eigenvalue weighted by Gasteiger charge is 2.10. The van der Waals surface area contributed by atoms with Gasteiger partial charge in [-0.15, -0.1) is 0 Å². The second-order valence-electron chi connectivity index (χ2n) is 6.32. The van der Waals surface area contributed by atoms with E-state index in [-0.39, 0.29) is 0 Å². The van der Waals surface area contributed by atoms with Crippen LogP contribution in [0.15, 0.2) is 42.5 Å². The molecule has 1 fully saturated rings. The van der Waals surface area contributed by atoms with E-state index in [1.807, 2.05) is 0 Å². The summed E-state index contributed by atoms with van der Waals surface area (Å²) in [5, 5.41) is 6.13. The molecular weight excluding hydrogens is 270 g/mol. The van der Waals surface area contributed by atoms with Crippen molar-refractivity contribution in [1.82, 2.24) is 5.32 Å². The van der Waals surface area contributed by atoms with E-state index in [0.717, 1.165) is 18.9 Å². The van der Waals surface area contributed by atoms with Crippen molar-refractivity contribution in [3.8, 4) is 5.75 Å². The normalized spacial score (nSPS) is 17.1. The van der Waals surface area contributed by atoms with E-state index in [4.69, 9.17) is 4.74 Å². The van der Waals surface area contributed by atoms with E-state index in [1.165, 1.54) is 55.7 Å². The molecule has 0 radical (unpaired) electrons. The van der Waals surface area contributed by atoms with Gasteiger partial charge in [0.2, 0.25) is 0 Å². The number of hydrogen-bond acceptors (Lipinski definition) is 2. The molecule has 0 bridgehead atoms. The predicted molar refractivity (Wildman–Crippen MR) is 93.6 cm³/mol. The fourth-order valence-electron chi connectivity index (χ4n) is 3.41. The Morgan fingerprint density at radius 3 is 2.45 bits per heavy atom. The van der Waals surface area contributed by atoms with Crippen LogP contribution in [-0.4, -0.2) is 19.2 Å². The van der Waals surface area contributed by atoms with Crippen LogP contribution in [0.25, 0.3) is 10.8 Å². The molecule has 0 aromatic heterocycles. The fourth-order valence-corrected chi connectivity index (χ4v) is 3.41. The molecule has 0 heterocycles. The van der Waals surface area contributed by atoms with E-state index in [0.29, 0.717) is 6.04 Å². The zero-order valence-corrected chi connectivity index (χ0v) is 13.4. The first-order valence-electron chi connectivity index (χ1n) is 8.77. The standard InChI is InChI=1S/C20H27NO/c1-2-4-11-18(12-5-3-1)21-15-16-22-20-14-8-10-17-9-6-7-13-19(17)20/h6-10,13-14,18,21H,1-5,11-12,15-16H2.